The van der Waals surface area contributed by atoms with Gasteiger partial charge in [-0.3, -0.25) is 0 Å². The second-order valence-corrected chi connectivity index (χ2v) is 6.26. The Morgan fingerprint density at radius 3 is 2.86 bits per heavy atom. The van der Waals surface area contributed by atoms with E-state index < -0.39 is 0 Å². The first-order valence-corrected chi connectivity index (χ1v) is 8.15. The van der Waals surface area contributed by atoms with Crippen molar-refractivity contribution < 1.29 is 4.74 Å². The van der Waals surface area contributed by atoms with Crippen molar-refractivity contribution in [2.45, 2.75) is 19.5 Å². The minimum Gasteiger partial charge on any atom is -0.497 e. The third kappa shape index (κ3) is 5.16. The molecular formula is C17H24N2OS. The first-order chi connectivity index (χ1) is 10.2. The number of nitrogens with zero attached hydrogens (tertiary/aromatic N) is 1. The monoisotopic (exact) mass is 304 g/mol. The molecule has 0 bridgehead atoms. The third-order valence-corrected chi connectivity index (χ3v) is 4.56. The molecule has 1 unspecified atom stereocenters. The lowest BCUT2D eigenvalue weighted by molar-refractivity contribution is 0.318. The van der Waals surface area contributed by atoms with E-state index in [1.54, 1.807) is 18.4 Å². The van der Waals surface area contributed by atoms with Crippen LogP contribution in [0.25, 0.3) is 0 Å². The van der Waals surface area contributed by atoms with Crippen molar-refractivity contribution in [3.05, 3.63) is 52.2 Å². The SMILES string of the molecule is COc1cccc(CN(C)CCNC(C)c2cccs2)c1. The summed E-state index contributed by atoms with van der Waals surface area (Å²) in [6.45, 7) is 5.16. The van der Waals surface area contributed by atoms with Crippen LogP contribution >= 0.6 is 11.3 Å². The average molecular weight is 304 g/mol. The Morgan fingerprint density at radius 2 is 2.14 bits per heavy atom. The summed E-state index contributed by atoms with van der Waals surface area (Å²) in [5, 5.41) is 5.70. The van der Waals surface area contributed by atoms with Gasteiger partial charge in [0, 0.05) is 30.6 Å². The van der Waals surface area contributed by atoms with E-state index in [0.717, 1.165) is 25.4 Å². The van der Waals surface area contributed by atoms with Crippen LogP contribution in [0.15, 0.2) is 41.8 Å². The molecule has 1 aromatic carbocycles. The Bertz CT molecular complexity index is 527. The third-order valence-electron chi connectivity index (χ3n) is 3.50. The van der Waals surface area contributed by atoms with Gasteiger partial charge in [-0.25, -0.2) is 0 Å². The fraction of sp³-hybridized carbons (Fsp3) is 0.412. The molecule has 0 aliphatic carbocycles. The number of hydrogen-bond donors (Lipinski definition) is 1. The number of ether oxygens (including phenoxy) is 1. The van der Waals surface area contributed by atoms with E-state index in [1.165, 1.54) is 10.4 Å². The highest BCUT2D eigenvalue weighted by Crippen LogP contribution is 2.17. The molecule has 1 N–H and O–H groups in total. The highest BCUT2D eigenvalue weighted by atomic mass is 32.1. The van der Waals surface area contributed by atoms with Gasteiger partial charge in [0.2, 0.25) is 0 Å². The largest absolute Gasteiger partial charge is 0.497 e. The minimum absolute atomic E-state index is 0.426. The molecule has 21 heavy (non-hydrogen) atoms. The number of likely N-dealkylation sites (N-methyl/N-ethyl adjacent to an activating group) is 1. The average Bonchev–Trinajstić information content (AvgIpc) is 3.01. The topological polar surface area (TPSA) is 24.5 Å². The van der Waals surface area contributed by atoms with Crippen molar-refractivity contribution in [1.82, 2.24) is 10.2 Å². The van der Waals surface area contributed by atoms with Gasteiger partial charge in [0.05, 0.1) is 7.11 Å². The summed E-state index contributed by atoms with van der Waals surface area (Å²) in [6.07, 6.45) is 0. The molecule has 0 fully saturated rings. The van der Waals surface area contributed by atoms with Crippen molar-refractivity contribution >= 4 is 11.3 Å². The van der Waals surface area contributed by atoms with Crippen molar-refractivity contribution in [3.8, 4) is 5.75 Å². The molecule has 3 nitrogen and oxygen atoms in total. The zero-order valence-corrected chi connectivity index (χ0v) is 13.8. The van der Waals surface area contributed by atoms with Crippen LogP contribution in [0.4, 0.5) is 0 Å². The lowest BCUT2D eigenvalue weighted by Crippen LogP contribution is -2.30. The van der Waals surface area contributed by atoms with Crippen LogP contribution in [0.3, 0.4) is 0 Å². The van der Waals surface area contributed by atoms with E-state index >= 15 is 0 Å². The fourth-order valence-corrected chi connectivity index (χ4v) is 3.03. The number of hydrogen-bond acceptors (Lipinski definition) is 4. The molecule has 0 spiro atoms. The van der Waals surface area contributed by atoms with Crippen LogP contribution in [-0.2, 0) is 6.54 Å². The summed E-state index contributed by atoms with van der Waals surface area (Å²) in [5.41, 5.74) is 1.28. The van der Waals surface area contributed by atoms with Crippen LogP contribution < -0.4 is 10.1 Å². The van der Waals surface area contributed by atoms with Crippen LogP contribution in [0, 0.1) is 0 Å². The van der Waals surface area contributed by atoms with Crippen molar-refractivity contribution in [1.29, 1.82) is 0 Å². The first-order valence-electron chi connectivity index (χ1n) is 7.27. The molecule has 0 radical (unpaired) electrons. The van der Waals surface area contributed by atoms with Gasteiger partial charge in [-0.2, -0.15) is 0 Å². The van der Waals surface area contributed by atoms with Gasteiger partial charge >= 0.3 is 0 Å². The molecular weight excluding hydrogens is 280 g/mol. The Balaban J connectivity index is 1.73. The van der Waals surface area contributed by atoms with E-state index in [4.69, 9.17) is 4.74 Å². The van der Waals surface area contributed by atoms with Crippen LogP contribution in [-0.4, -0.2) is 32.1 Å². The maximum Gasteiger partial charge on any atom is 0.119 e. The predicted molar refractivity (Wildman–Crippen MR) is 90.1 cm³/mol. The molecule has 2 rings (SSSR count). The zero-order valence-electron chi connectivity index (χ0n) is 13.0. The summed E-state index contributed by atoms with van der Waals surface area (Å²) in [7, 11) is 3.86. The number of benzene rings is 1. The molecule has 1 heterocycles. The van der Waals surface area contributed by atoms with E-state index in [9.17, 15) is 0 Å². The van der Waals surface area contributed by atoms with Gasteiger partial charge in [0.15, 0.2) is 0 Å². The first kappa shape index (κ1) is 16.0. The van der Waals surface area contributed by atoms with E-state index in [1.807, 2.05) is 12.1 Å². The second kappa shape index (κ2) is 8.17. The summed E-state index contributed by atoms with van der Waals surface area (Å²) in [4.78, 5) is 3.72. The molecule has 0 aliphatic heterocycles. The molecule has 2 aromatic rings. The van der Waals surface area contributed by atoms with E-state index in [2.05, 4.69) is 53.8 Å². The van der Waals surface area contributed by atoms with Crippen LogP contribution in [0.1, 0.15) is 23.4 Å². The molecule has 1 aromatic heterocycles. The molecule has 0 amide bonds. The Kier molecular flexibility index (Phi) is 6.23. The Morgan fingerprint density at radius 1 is 1.29 bits per heavy atom. The summed E-state index contributed by atoms with van der Waals surface area (Å²) in [6, 6.07) is 13.0. The predicted octanol–water partition coefficient (Wildman–Crippen LogP) is 3.54. The lowest BCUT2D eigenvalue weighted by atomic mass is 10.2. The molecule has 4 heteroatoms. The van der Waals surface area contributed by atoms with Gasteiger partial charge in [0.1, 0.15) is 5.75 Å². The van der Waals surface area contributed by atoms with Crippen molar-refractivity contribution in [3.63, 3.8) is 0 Å². The molecule has 0 saturated heterocycles. The normalized spacial score (nSPS) is 12.6. The maximum atomic E-state index is 5.26. The molecule has 0 aliphatic rings. The standard InChI is InChI=1S/C17H24N2OS/c1-14(17-8-5-11-21-17)18-9-10-19(2)13-15-6-4-7-16(12-15)20-3/h4-8,11-12,14,18H,9-10,13H2,1-3H3. The number of rotatable bonds is 8. The summed E-state index contributed by atoms with van der Waals surface area (Å²) >= 11 is 1.81. The van der Waals surface area contributed by atoms with Crippen molar-refractivity contribution in [2.75, 3.05) is 27.2 Å². The maximum absolute atomic E-state index is 5.26. The van der Waals surface area contributed by atoms with Gasteiger partial charge in [-0.15, -0.1) is 11.3 Å². The number of nitrogens with one attached hydrogen (secondary N) is 1. The van der Waals surface area contributed by atoms with E-state index in [-0.39, 0.29) is 0 Å². The van der Waals surface area contributed by atoms with Crippen LogP contribution in [0.2, 0.25) is 0 Å². The Labute approximate surface area is 131 Å². The van der Waals surface area contributed by atoms with Gasteiger partial charge < -0.3 is 15.0 Å². The summed E-state index contributed by atoms with van der Waals surface area (Å²) < 4.78 is 5.26. The number of methoxy groups -OCH3 is 1. The van der Waals surface area contributed by atoms with Gasteiger partial charge in [-0.1, -0.05) is 18.2 Å². The number of thiophene rings is 1. The zero-order chi connectivity index (χ0) is 15.1. The smallest absolute Gasteiger partial charge is 0.119 e. The second-order valence-electron chi connectivity index (χ2n) is 5.28. The minimum atomic E-state index is 0.426. The highest BCUT2D eigenvalue weighted by Gasteiger charge is 2.06. The van der Waals surface area contributed by atoms with Gasteiger partial charge in [-0.05, 0) is 43.1 Å². The molecule has 114 valence electrons. The van der Waals surface area contributed by atoms with Crippen LogP contribution in [0.5, 0.6) is 5.75 Å². The molecule has 1 atom stereocenters. The van der Waals surface area contributed by atoms with Gasteiger partial charge in [0.25, 0.3) is 0 Å². The quantitative estimate of drug-likeness (QED) is 0.807. The molecule has 0 saturated carbocycles. The fourth-order valence-electron chi connectivity index (χ4n) is 2.27. The highest BCUT2D eigenvalue weighted by molar-refractivity contribution is 7.10. The van der Waals surface area contributed by atoms with E-state index in [0.29, 0.717) is 6.04 Å². The summed E-state index contributed by atoms with van der Waals surface area (Å²) in [5.74, 6) is 0.922. The van der Waals surface area contributed by atoms with Crippen molar-refractivity contribution in [2.24, 2.45) is 0 Å². The Hall–Kier alpha value is -1.36. The lowest BCUT2D eigenvalue weighted by Gasteiger charge is -2.19.